The zero-order valence-electron chi connectivity index (χ0n) is 11.8. The molecule has 0 unspecified atom stereocenters. The molecule has 0 amide bonds. The molecule has 1 heterocycles. The van der Waals surface area contributed by atoms with E-state index in [0.29, 0.717) is 5.82 Å². The summed E-state index contributed by atoms with van der Waals surface area (Å²) in [6.45, 7) is 2.87. The van der Waals surface area contributed by atoms with Gasteiger partial charge in [0, 0.05) is 22.1 Å². The first-order chi connectivity index (χ1) is 10.2. The Morgan fingerprint density at radius 2 is 1.76 bits per heavy atom. The molecular weight excluding hydrogens is 326 g/mol. The van der Waals surface area contributed by atoms with Gasteiger partial charge in [0.2, 0.25) is 0 Å². The summed E-state index contributed by atoms with van der Waals surface area (Å²) in [5, 5.41) is 0. The van der Waals surface area contributed by atoms with E-state index < -0.39 is 0 Å². The number of aromatic nitrogens is 2. The highest BCUT2D eigenvalue weighted by Crippen LogP contribution is 2.32. The number of nitrogen functional groups attached to an aromatic ring is 1. The van der Waals surface area contributed by atoms with E-state index in [1.165, 1.54) is 0 Å². The molecule has 3 rings (SSSR count). The van der Waals surface area contributed by atoms with Gasteiger partial charge in [0.15, 0.2) is 0 Å². The van der Waals surface area contributed by atoms with Crippen molar-refractivity contribution < 1.29 is 0 Å². The first kappa shape index (κ1) is 13.9. The summed E-state index contributed by atoms with van der Waals surface area (Å²) in [4.78, 5) is 4.78. The first-order valence-corrected chi connectivity index (χ1v) is 7.67. The zero-order valence-corrected chi connectivity index (χ0v) is 13.3. The monoisotopic (exact) mass is 341 g/mol. The van der Waals surface area contributed by atoms with Gasteiger partial charge in [-0.25, -0.2) is 4.98 Å². The lowest BCUT2D eigenvalue weighted by Crippen LogP contribution is -2.02. The Balaban J connectivity index is 2.18. The molecule has 0 bridgehead atoms. The number of anilines is 1. The van der Waals surface area contributed by atoms with E-state index in [0.717, 1.165) is 33.7 Å². The van der Waals surface area contributed by atoms with Gasteiger partial charge in [0.25, 0.3) is 0 Å². The molecule has 0 saturated carbocycles. The van der Waals surface area contributed by atoms with E-state index in [-0.39, 0.29) is 0 Å². The highest BCUT2D eigenvalue weighted by molar-refractivity contribution is 9.10. The number of nitrogens with zero attached hydrogens (tertiary/aromatic N) is 2. The van der Waals surface area contributed by atoms with Gasteiger partial charge in [-0.3, -0.25) is 0 Å². The van der Waals surface area contributed by atoms with Crippen molar-refractivity contribution in [2.24, 2.45) is 0 Å². The SMILES string of the molecule is CCn1c(-c2ccccc2)nc(-c2cccc(Br)c2)c1N. The minimum Gasteiger partial charge on any atom is -0.383 e. The van der Waals surface area contributed by atoms with Crippen LogP contribution in [0.25, 0.3) is 22.6 Å². The van der Waals surface area contributed by atoms with Crippen LogP contribution in [0.4, 0.5) is 5.82 Å². The standard InChI is InChI=1S/C17H16BrN3/c1-2-21-16(19)15(13-9-6-10-14(18)11-13)20-17(21)12-7-4-3-5-8-12/h3-11H,2,19H2,1H3. The van der Waals surface area contributed by atoms with Gasteiger partial charge in [-0.15, -0.1) is 0 Å². The topological polar surface area (TPSA) is 43.8 Å². The van der Waals surface area contributed by atoms with Crippen molar-refractivity contribution in [1.82, 2.24) is 9.55 Å². The quantitative estimate of drug-likeness (QED) is 0.757. The minimum absolute atomic E-state index is 0.703. The Bertz CT molecular complexity index is 763. The van der Waals surface area contributed by atoms with Crippen LogP contribution in [0.15, 0.2) is 59.1 Å². The molecule has 0 aliphatic heterocycles. The average molecular weight is 342 g/mol. The van der Waals surface area contributed by atoms with Crippen molar-refractivity contribution >= 4 is 21.7 Å². The smallest absolute Gasteiger partial charge is 0.142 e. The molecule has 2 aromatic carbocycles. The molecule has 2 N–H and O–H groups in total. The molecule has 0 spiro atoms. The fourth-order valence-electron chi connectivity index (χ4n) is 2.44. The summed E-state index contributed by atoms with van der Waals surface area (Å²) in [5.74, 6) is 1.61. The van der Waals surface area contributed by atoms with Crippen LogP contribution < -0.4 is 5.73 Å². The highest BCUT2D eigenvalue weighted by atomic mass is 79.9. The summed E-state index contributed by atoms with van der Waals surface area (Å²) < 4.78 is 3.07. The van der Waals surface area contributed by atoms with Gasteiger partial charge in [-0.1, -0.05) is 58.4 Å². The second kappa shape index (κ2) is 5.74. The third kappa shape index (κ3) is 2.59. The number of hydrogen-bond acceptors (Lipinski definition) is 2. The number of imidazole rings is 1. The molecule has 0 atom stereocenters. The van der Waals surface area contributed by atoms with Crippen LogP contribution >= 0.6 is 15.9 Å². The molecule has 1 aromatic heterocycles. The largest absolute Gasteiger partial charge is 0.383 e. The van der Waals surface area contributed by atoms with Crippen LogP contribution in [0.3, 0.4) is 0 Å². The predicted molar refractivity (Wildman–Crippen MR) is 90.9 cm³/mol. The Labute approximate surface area is 132 Å². The van der Waals surface area contributed by atoms with E-state index >= 15 is 0 Å². The molecular formula is C17H16BrN3. The third-order valence-electron chi connectivity index (χ3n) is 3.45. The van der Waals surface area contributed by atoms with Crippen LogP contribution in [0.1, 0.15) is 6.92 Å². The maximum atomic E-state index is 6.32. The molecule has 0 radical (unpaired) electrons. The van der Waals surface area contributed by atoms with Gasteiger partial charge in [0.1, 0.15) is 17.3 Å². The van der Waals surface area contributed by atoms with E-state index in [4.69, 9.17) is 10.7 Å². The van der Waals surface area contributed by atoms with Crippen LogP contribution in [0.5, 0.6) is 0 Å². The molecule has 0 aliphatic rings. The molecule has 4 heteroatoms. The summed E-state index contributed by atoms with van der Waals surface area (Å²) in [7, 11) is 0. The van der Waals surface area contributed by atoms with E-state index in [2.05, 4.69) is 35.0 Å². The van der Waals surface area contributed by atoms with E-state index in [1.807, 2.05) is 47.0 Å². The van der Waals surface area contributed by atoms with Crippen LogP contribution in [-0.4, -0.2) is 9.55 Å². The third-order valence-corrected chi connectivity index (χ3v) is 3.95. The van der Waals surface area contributed by atoms with Crippen LogP contribution in [0.2, 0.25) is 0 Å². The molecule has 0 saturated heterocycles. The zero-order chi connectivity index (χ0) is 14.8. The van der Waals surface area contributed by atoms with E-state index in [9.17, 15) is 0 Å². The second-order valence-corrected chi connectivity index (χ2v) is 5.71. The summed E-state index contributed by atoms with van der Waals surface area (Å²) in [5.41, 5.74) is 9.25. The van der Waals surface area contributed by atoms with Crippen molar-refractivity contribution in [2.75, 3.05) is 5.73 Å². The number of benzene rings is 2. The Hall–Kier alpha value is -2.07. The molecule has 0 aliphatic carbocycles. The minimum atomic E-state index is 0.703. The van der Waals surface area contributed by atoms with Gasteiger partial charge in [-0.05, 0) is 19.1 Å². The number of hydrogen-bond donors (Lipinski definition) is 1. The first-order valence-electron chi connectivity index (χ1n) is 6.88. The molecule has 0 fully saturated rings. The maximum absolute atomic E-state index is 6.32. The molecule has 106 valence electrons. The van der Waals surface area contributed by atoms with Gasteiger partial charge in [0.05, 0.1) is 0 Å². The van der Waals surface area contributed by atoms with Crippen LogP contribution in [0, 0.1) is 0 Å². The van der Waals surface area contributed by atoms with Gasteiger partial charge in [-0.2, -0.15) is 0 Å². The fourth-order valence-corrected chi connectivity index (χ4v) is 2.84. The summed E-state index contributed by atoms with van der Waals surface area (Å²) in [6.07, 6.45) is 0. The Kier molecular flexibility index (Phi) is 3.80. The lowest BCUT2D eigenvalue weighted by Gasteiger charge is -2.06. The fraction of sp³-hybridized carbons (Fsp3) is 0.118. The van der Waals surface area contributed by atoms with Crippen LogP contribution in [-0.2, 0) is 6.54 Å². The Morgan fingerprint density at radius 1 is 1.05 bits per heavy atom. The number of halogens is 1. The lowest BCUT2D eigenvalue weighted by molar-refractivity contribution is 0.781. The highest BCUT2D eigenvalue weighted by Gasteiger charge is 2.16. The predicted octanol–water partition coefficient (Wildman–Crippen LogP) is 4.58. The average Bonchev–Trinajstić information content (AvgIpc) is 2.85. The molecule has 21 heavy (non-hydrogen) atoms. The summed E-state index contributed by atoms with van der Waals surface area (Å²) >= 11 is 3.50. The molecule has 3 aromatic rings. The van der Waals surface area contributed by atoms with Crippen molar-refractivity contribution in [3.8, 4) is 22.6 Å². The van der Waals surface area contributed by atoms with E-state index in [1.54, 1.807) is 0 Å². The lowest BCUT2D eigenvalue weighted by atomic mass is 10.1. The Morgan fingerprint density at radius 3 is 2.43 bits per heavy atom. The van der Waals surface area contributed by atoms with Crippen molar-refractivity contribution in [3.63, 3.8) is 0 Å². The normalized spacial score (nSPS) is 10.8. The number of rotatable bonds is 3. The van der Waals surface area contributed by atoms with Gasteiger partial charge < -0.3 is 10.3 Å². The van der Waals surface area contributed by atoms with Crippen molar-refractivity contribution in [3.05, 3.63) is 59.1 Å². The van der Waals surface area contributed by atoms with Crippen molar-refractivity contribution in [1.29, 1.82) is 0 Å². The van der Waals surface area contributed by atoms with Gasteiger partial charge >= 0.3 is 0 Å². The summed E-state index contributed by atoms with van der Waals surface area (Å²) in [6, 6.07) is 18.2. The second-order valence-electron chi connectivity index (χ2n) is 4.79. The molecule has 3 nitrogen and oxygen atoms in total. The van der Waals surface area contributed by atoms with Crippen molar-refractivity contribution in [2.45, 2.75) is 13.5 Å². The number of nitrogens with two attached hydrogens (primary N) is 1. The maximum Gasteiger partial charge on any atom is 0.142 e.